The highest BCUT2D eigenvalue weighted by Gasteiger charge is 2.37. The first-order chi connectivity index (χ1) is 18.2. The van der Waals surface area contributed by atoms with Crippen molar-refractivity contribution in [3.05, 3.63) is 0 Å². The lowest BCUT2D eigenvalue weighted by Crippen LogP contribution is -2.33. The summed E-state index contributed by atoms with van der Waals surface area (Å²) in [7, 11) is 0. The number of carbonyl (C=O) groups is 1. The van der Waals surface area contributed by atoms with Crippen LogP contribution in [0.4, 0.5) is 0 Å². The quantitative estimate of drug-likeness (QED) is 0.0687. The Hall–Kier alpha value is -0.650. The third kappa shape index (κ3) is 21.9. The normalized spacial score (nSPS) is 11.8. The second kappa shape index (κ2) is 28.4. The molecule has 0 saturated carbocycles. The number of hydrogen-bond acceptors (Lipinski definition) is 5. The molecule has 37 heavy (non-hydrogen) atoms. The fraction of sp³-hybridized carbons (Fsp3) is 0.969. The molecule has 0 radical (unpaired) electrons. The predicted octanol–water partition coefficient (Wildman–Crippen LogP) is 9.06. The highest BCUT2D eigenvalue weighted by Crippen LogP contribution is 2.37. The molecule has 0 heterocycles. The molecular weight excluding hydrogens is 464 g/mol. The van der Waals surface area contributed by atoms with Crippen molar-refractivity contribution >= 4 is 5.97 Å². The number of unbranched alkanes of at least 4 members (excludes halogenated alkanes) is 11. The van der Waals surface area contributed by atoms with Crippen LogP contribution in [-0.4, -0.2) is 52.2 Å². The minimum absolute atomic E-state index is 0.00482. The van der Waals surface area contributed by atoms with Crippen LogP contribution in [0.1, 0.15) is 150 Å². The largest absolute Gasteiger partial charge is 0.463 e. The van der Waals surface area contributed by atoms with E-state index in [1.54, 1.807) is 0 Å². The number of rotatable bonds is 30. The summed E-state index contributed by atoms with van der Waals surface area (Å²) in [5, 5.41) is 0. The van der Waals surface area contributed by atoms with Crippen molar-refractivity contribution in [1.82, 2.24) is 0 Å². The summed E-state index contributed by atoms with van der Waals surface area (Å²) in [6.45, 7) is 13.4. The molecule has 0 spiro atoms. The molecule has 0 aliphatic heterocycles. The van der Waals surface area contributed by atoms with E-state index in [0.29, 0.717) is 26.4 Å². The average molecular weight is 529 g/mol. The third-order valence-electron chi connectivity index (χ3n) is 7.39. The molecule has 0 aromatic carbocycles. The molecule has 0 fully saturated rings. The highest BCUT2D eigenvalue weighted by atomic mass is 16.6. The summed E-state index contributed by atoms with van der Waals surface area (Å²) in [4.78, 5) is 13.2. The van der Waals surface area contributed by atoms with Gasteiger partial charge in [0.1, 0.15) is 6.61 Å². The minimum Gasteiger partial charge on any atom is -0.463 e. The van der Waals surface area contributed by atoms with E-state index in [4.69, 9.17) is 18.9 Å². The third-order valence-corrected chi connectivity index (χ3v) is 7.39. The number of hydrogen-bond donors (Lipinski definition) is 0. The fourth-order valence-electron chi connectivity index (χ4n) is 4.74. The first kappa shape index (κ1) is 36.4. The monoisotopic (exact) mass is 528 g/mol. The lowest BCUT2D eigenvalue weighted by Gasteiger charge is -2.31. The van der Waals surface area contributed by atoms with Gasteiger partial charge in [0.15, 0.2) is 0 Å². The first-order valence-electron chi connectivity index (χ1n) is 16.1. The van der Waals surface area contributed by atoms with E-state index in [1.165, 1.54) is 70.6 Å². The SMILES string of the molecule is CCCCCCCCC(CC)(CCCCCCCC)C(=O)OCCOCCCOCCCOCCCC. The predicted molar refractivity (Wildman–Crippen MR) is 156 cm³/mol. The Morgan fingerprint density at radius 2 is 0.865 bits per heavy atom. The van der Waals surface area contributed by atoms with E-state index in [0.717, 1.165) is 71.2 Å². The van der Waals surface area contributed by atoms with Crippen LogP contribution < -0.4 is 0 Å². The summed E-state index contributed by atoms with van der Waals surface area (Å²) < 4.78 is 22.6. The van der Waals surface area contributed by atoms with E-state index < -0.39 is 0 Å². The molecule has 0 N–H and O–H groups in total. The van der Waals surface area contributed by atoms with Crippen molar-refractivity contribution in [2.45, 2.75) is 150 Å². The summed E-state index contributed by atoms with van der Waals surface area (Å²) >= 11 is 0. The Kier molecular flexibility index (Phi) is 27.9. The van der Waals surface area contributed by atoms with Gasteiger partial charge < -0.3 is 18.9 Å². The molecule has 0 aliphatic carbocycles. The zero-order valence-corrected chi connectivity index (χ0v) is 25.4. The van der Waals surface area contributed by atoms with Gasteiger partial charge in [0.05, 0.1) is 12.0 Å². The van der Waals surface area contributed by atoms with Crippen molar-refractivity contribution in [1.29, 1.82) is 0 Å². The van der Waals surface area contributed by atoms with Gasteiger partial charge >= 0.3 is 5.97 Å². The molecule has 0 aliphatic rings. The first-order valence-corrected chi connectivity index (χ1v) is 16.1. The second-order valence-electron chi connectivity index (χ2n) is 10.7. The van der Waals surface area contributed by atoms with Gasteiger partial charge in [-0.2, -0.15) is 0 Å². The van der Waals surface area contributed by atoms with Crippen molar-refractivity contribution in [2.75, 3.05) is 46.2 Å². The lowest BCUT2D eigenvalue weighted by molar-refractivity contribution is -0.159. The molecule has 0 bridgehead atoms. The fourth-order valence-corrected chi connectivity index (χ4v) is 4.74. The van der Waals surface area contributed by atoms with Crippen LogP contribution >= 0.6 is 0 Å². The van der Waals surface area contributed by atoms with E-state index in [2.05, 4.69) is 27.7 Å². The van der Waals surface area contributed by atoms with Crippen LogP contribution in [0.3, 0.4) is 0 Å². The van der Waals surface area contributed by atoms with Crippen LogP contribution in [0.5, 0.6) is 0 Å². The molecule has 0 rings (SSSR count). The molecule has 0 saturated heterocycles. The maximum Gasteiger partial charge on any atom is 0.312 e. The Morgan fingerprint density at radius 3 is 1.32 bits per heavy atom. The number of esters is 1. The smallest absolute Gasteiger partial charge is 0.312 e. The number of ether oxygens (including phenoxy) is 4. The van der Waals surface area contributed by atoms with Crippen LogP contribution in [0, 0.1) is 5.41 Å². The molecule has 5 nitrogen and oxygen atoms in total. The van der Waals surface area contributed by atoms with Crippen molar-refractivity contribution in [2.24, 2.45) is 5.41 Å². The van der Waals surface area contributed by atoms with Crippen LogP contribution in [0.25, 0.3) is 0 Å². The topological polar surface area (TPSA) is 54.0 Å². The molecule has 0 aromatic heterocycles. The van der Waals surface area contributed by atoms with Crippen molar-refractivity contribution in [3.63, 3.8) is 0 Å². The van der Waals surface area contributed by atoms with Gasteiger partial charge in [0.25, 0.3) is 0 Å². The molecule has 222 valence electrons. The van der Waals surface area contributed by atoms with Gasteiger partial charge in [0.2, 0.25) is 0 Å². The Labute approximate surface area is 231 Å². The molecule has 5 heteroatoms. The van der Waals surface area contributed by atoms with Gasteiger partial charge in [-0.05, 0) is 38.5 Å². The summed E-state index contributed by atoms with van der Waals surface area (Å²) in [6, 6.07) is 0. The average Bonchev–Trinajstić information content (AvgIpc) is 2.91. The zero-order valence-electron chi connectivity index (χ0n) is 25.4. The van der Waals surface area contributed by atoms with E-state index in [-0.39, 0.29) is 11.4 Å². The zero-order chi connectivity index (χ0) is 27.3. The molecule has 0 amide bonds. The van der Waals surface area contributed by atoms with Crippen molar-refractivity contribution in [3.8, 4) is 0 Å². The summed E-state index contributed by atoms with van der Waals surface area (Å²) in [5.74, 6) is 0.00482. The Balaban J connectivity index is 4.17. The Morgan fingerprint density at radius 1 is 0.459 bits per heavy atom. The molecule has 0 aromatic rings. The Bertz CT molecular complexity index is 452. The summed E-state index contributed by atoms with van der Waals surface area (Å²) in [6.07, 6.45) is 22.0. The summed E-state index contributed by atoms with van der Waals surface area (Å²) in [5.41, 5.74) is -0.316. The van der Waals surface area contributed by atoms with E-state index >= 15 is 0 Å². The minimum atomic E-state index is -0.316. The van der Waals surface area contributed by atoms with Gasteiger partial charge in [-0.25, -0.2) is 0 Å². The molecule has 0 atom stereocenters. The van der Waals surface area contributed by atoms with Gasteiger partial charge in [-0.3, -0.25) is 4.79 Å². The molecule has 0 unspecified atom stereocenters. The van der Waals surface area contributed by atoms with E-state index in [1.807, 2.05) is 0 Å². The van der Waals surface area contributed by atoms with Crippen LogP contribution in [0.15, 0.2) is 0 Å². The second-order valence-corrected chi connectivity index (χ2v) is 10.7. The standard InChI is InChI=1S/C32H64O5/c1-5-9-12-14-16-18-22-32(8-4,23-19-17-15-13-10-6-2)31(33)37-30-29-36-28-21-27-35-26-20-25-34-24-11-7-3/h5-30H2,1-4H3. The highest BCUT2D eigenvalue weighted by molar-refractivity contribution is 5.76. The maximum atomic E-state index is 13.2. The van der Waals surface area contributed by atoms with E-state index in [9.17, 15) is 4.79 Å². The van der Waals surface area contributed by atoms with Gasteiger partial charge in [0, 0.05) is 33.0 Å². The van der Waals surface area contributed by atoms with Gasteiger partial charge in [-0.1, -0.05) is 111 Å². The van der Waals surface area contributed by atoms with Crippen LogP contribution in [0.2, 0.25) is 0 Å². The lowest BCUT2D eigenvalue weighted by atomic mass is 9.75. The van der Waals surface area contributed by atoms with Crippen LogP contribution in [-0.2, 0) is 23.7 Å². The molecular formula is C32H64O5. The number of carbonyl (C=O) groups excluding carboxylic acids is 1. The maximum absolute atomic E-state index is 13.2. The van der Waals surface area contributed by atoms with Crippen molar-refractivity contribution < 1.29 is 23.7 Å². The van der Waals surface area contributed by atoms with Gasteiger partial charge in [-0.15, -0.1) is 0 Å².